The number of rotatable bonds is 9. The molecule has 194 valence electrons. The van der Waals surface area contributed by atoms with Gasteiger partial charge in [0, 0.05) is 47.9 Å². The van der Waals surface area contributed by atoms with E-state index in [-0.39, 0.29) is 23.0 Å². The van der Waals surface area contributed by atoms with Crippen molar-refractivity contribution < 1.29 is 9.72 Å². The van der Waals surface area contributed by atoms with Gasteiger partial charge in [-0.1, -0.05) is 49.7 Å². The number of benzene rings is 3. The van der Waals surface area contributed by atoms with Gasteiger partial charge in [0.15, 0.2) is 5.82 Å². The Bertz CT molecular complexity index is 1560. The van der Waals surface area contributed by atoms with Crippen molar-refractivity contribution in [1.82, 2.24) is 9.55 Å². The van der Waals surface area contributed by atoms with Gasteiger partial charge >= 0.3 is 0 Å². The van der Waals surface area contributed by atoms with Gasteiger partial charge in [-0.2, -0.15) is 0 Å². The fourth-order valence-electron chi connectivity index (χ4n) is 4.22. The van der Waals surface area contributed by atoms with Gasteiger partial charge in [-0.25, -0.2) is 4.98 Å². The highest BCUT2D eigenvalue weighted by Gasteiger charge is 2.16. The van der Waals surface area contributed by atoms with E-state index in [0.717, 1.165) is 36.0 Å². The third-order valence-corrected chi connectivity index (χ3v) is 6.31. The largest absolute Gasteiger partial charge is 0.335 e. The number of carbonyl (C=O) groups is 1. The number of anilines is 3. The van der Waals surface area contributed by atoms with E-state index in [0.29, 0.717) is 22.6 Å². The van der Waals surface area contributed by atoms with Crippen molar-refractivity contribution in [3.63, 3.8) is 0 Å². The Hall–Kier alpha value is -4.79. The van der Waals surface area contributed by atoms with E-state index in [4.69, 9.17) is 0 Å². The molecule has 3 aromatic carbocycles. The van der Waals surface area contributed by atoms with Crippen LogP contribution in [-0.4, -0.2) is 20.4 Å². The summed E-state index contributed by atoms with van der Waals surface area (Å²) in [6.07, 6.45) is 4.50. The zero-order valence-electron chi connectivity index (χ0n) is 21.5. The number of aromatic nitrogens is 2. The van der Waals surface area contributed by atoms with Crippen LogP contribution in [0.3, 0.4) is 0 Å². The lowest BCUT2D eigenvalue weighted by Gasteiger charge is -2.15. The summed E-state index contributed by atoms with van der Waals surface area (Å²) in [4.78, 5) is 41.1. The molecule has 9 nitrogen and oxygen atoms in total. The first kappa shape index (κ1) is 26.3. The molecular formula is C29H29N5O4. The molecule has 0 fully saturated rings. The summed E-state index contributed by atoms with van der Waals surface area (Å²) >= 11 is 0. The standard InChI is InChI=1S/C29H29N5O4/c1-4-5-10-20-11-6-7-14-24(20)28(35)32-25-16-9-15-23(19(25)2)26-18-33(3)29(36)27(31-26)30-21-12-8-13-22(17-21)34(37)38/h6-9,11-18H,4-5,10H2,1-3H3,(H,30,31)(H,32,35). The topological polar surface area (TPSA) is 119 Å². The molecule has 1 heterocycles. The van der Waals surface area contributed by atoms with Crippen LogP contribution in [0.4, 0.5) is 22.9 Å². The van der Waals surface area contributed by atoms with Crippen LogP contribution in [0.25, 0.3) is 11.3 Å². The molecule has 0 saturated heterocycles. The van der Waals surface area contributed by atoms with Crippen molar-refractivity contribution in [3.8, 4) is 11.3 Å². The highest BCUT2D eigenvalue weighted by Crippen LogP contribution is 2.29. The quantitative estimate of drug-likeness (QED) is 0.210. The predicted molar refractivity (Wildman–Crippen MR) is 149 cm³/mol. The summed E-state index contributed by atoms with van der Waals surface area (Å²) in [5.41, 5.74) is 4.23. The Kier molecular flexibility index (Phi) is 7.96. The summed E-state index contributed by atoms with van der Waals surface area (Å²) in [6, 6.07) is 19.0. The molecule has 2 N–H and O–H groups in total. The van der Waals surface area contributed by atoms with E-state index in [1.165, 1.54) is 22.8 Å². The van der Waals surface area contributed by atoms with Gasteiger partial charge in [-0.05, 0) is 49.1 Å². The van der Waals surface area contributed by atoms with Crippen molar-refractivity contribution in [2.75, 3.05) is 10.6 Å². The number of nitro benzene ring substituents is 1. The molecule has 0 saturated carbocycles. The maximum absolute atomic E-state index is 13.2. The second-order valence-electron chi connectivity index (χ2n) is 9.02. The van der Waals surface area contributed by atoms with Crippen LogP contribution in [-0.2, 0) is 13.5 Å². The molecule has 0 atom stereocenters. The zero-order valence-corrected chi connectivity index (χ0v) is 21.5. The van der Waals surface area contributed by atoms with Crippen LogP contribution >= 0.6 is 0 Å². The number of hydrogen-bond donors (Lipinski definition) is 2. The van der Waals surface area contributed by atoms with Crippen molar-refractivity contribution in [2.45, 2.75) is 33.1 Å². The van der Waals surface area contributed by atoms with E-state index >= 15 is 0 Å². The molecule has 0 bridgehead atoms. The second kappa shape index (κ2) is 11.5. The number of hydrogen-bond acceptors (Lipinski definition) is 6. The van der Waals surface area contributed by atoms with Gasteiger partial charge in [0.1, 0.15) is 0 Å². The molecule has 38 heavy (non-hydrogen) atoms. The average molecular weight is 512 g/mol. The SMILES string of the molecule is CCCCc1ccccc1C(=O)Nc1cccc(-c2cn(C)c(=O)c(Nc3cccc([N+](=O)[O-])c3)n2)c1C. The molecule has 0 unspecified atom stereocenters. The number of non-ortho nitro benzene ring substituents is 1. The van der Waals surface area contributed by atoms with Crippen molar-refractivity contribution in [1.29, 1.82) is 0 Å². The van der Waals surface area contributed by atoms with Gasteiger partial charge in [0.05, 0.1) is 10.6 Å². The molecule has 9 heteroatoms. The molecule has 4 rings (SSSR count). The minimum Gasteiger partial charge on any atom is -0.335 e. The fourth-order valence-corrected chi connectivity index (χ4v) is 4.22. The van der Waals surface area contributed by atoms with Crippen LogP contribution in [0.1, 0.15) is 41.3 Å². The first-order valence-electron chi connectivity index (χ1n) is 12.4. The Morgan fingerprint density at radius 1 is 1.08 bits per heavy atom. The van der Waals surface area contributed by atoms with E-state index in [1.54, 1.807) is 19.3 Å². The first-order valence-corrected chi connectivity index (χ1v) is 12.4. The van der Waals surface area contributed by atoms with Gasteiger partial charge in [-0.3, -0.25) is 19.7 Å². The molecule has 0 radical (unpaired) electrons. The lowest BCUT2D eigenvalue weighted by molar-refractivity contribution is -0.384. The normalized spacial score (nSPS) is 10.7. The summed E-state index contributed by atoms with van der Waals surface area (Å²) in [6.45, 7) is 4.00. The summed E-state index contributed by atoms with van der Waals surface area (Å²) < 4.78 is 1.40. The summed E-state index contributed by atoms with van der Waals surface area (Å²) in [7, 11) is 1.61. The Balaban J connectivity index is 1.66. The molecular weight excluding hydrogens is 482 g/mol. The van der Waals surface area contributed by atoms with Crippen molar-refractivity contribution in [2.24, 2.45) is 7.05 Å². The molecule has 0 aliphatic heterocycles. The van der Waals surface area contributed by atoms with Gasteiger partial charge < -0.3 is 15.2 Å². The van der Waals surface area contributed by atoms with Crippen molar-refractivity contribution in [3.05, 3.63) is 110 Å². The van der Waals surface area contributed by atoms with Crippen LogP contribution in [0.15, 0.2) is 77.7 Å². The Labute approximate surface area is 220 Å². The number of nitrogens with zero attached hydrogens (tertiary/aromatic N) is 3. The van der Waals surface area contributed by atoms with Crippen LogP contribution in [0.5, 0.6) is 0 Å². The average Bonchev–Trinajstić information content (AvgIpc) is 2.91. The van der Waals surface area contributed by atoms with Crippen molar-refractivity contribution >= 4 is 28.8 Å². The Morgan fingerprint density at radius 3 is 2.61 bits per heavy atom. The molecule has 0 spiro atoms. The lowest BCUT2D eigenvalue weighted by atomic mass is 10.0. The number of amides is 1. The monoisotopic (exact) mass is 511 g/mol. The molecule has 0 aliphatic rings. The molecule has 1 amide bonds. The third-order valence-electron chi connectivity index (χ3n) is 6.31. The number of nitrogens with one attached hydrogen (secondary N) is 2. The lowest BCUT2D eigenvalue weighted by Crippen LogP contribution is -2.21. The minimum absolute atomic E-state index is 0.0317. The first-order chi connectivity index (χ1) is 18.3. The number of nitro groups is 1. The minimum atomic E-state index is -0.501. The third kappa shape index (κ3) is 5.78. The van der Waals surface area contributed by atoms with E-state index in [2.05, 4.69) is 22.5 Å². The maximum atomic E-state index is 13.2. The maximum Gasteiger partial charge on any atom is 0.293 e. The van der Waals surface area contributed by atoms with E-state index in [9.17, 15) is 19.7 Å². The van der Waals surface area contributed by atoms with E-state index in [1.807, 2.05) is 49.4 Å². The van der Waals surface area contributed by atoms with Gasteiger partial charge in [-0.15, -0.1) is 0 Å². The molecule has 1 aromatic heterocycles. The number of carbonyl (C=O) groups excluding carboxylic acids is 1. The van der Waals surface area contributed by atoms with Crippen LogP contribution in [0, 0.1) is 17.0 Å². The summed E-state index contributed by atoms with van der Waals surface area (Å²) in [5.74, 6) is -0.150. The smallest absolute Gasteiger partial charge is 0.293 e. The van der Waals surface area contributed by atoms with E-state index < -0.39 is 4.92 Å². The van der Waals surface area contributed by atoms with Crippen LogP contribution < -0.4 is 16.2 Å². The van der Waals surface area contributed by atoms with Gasteiger partial charge in [0.2, 0.25) is 0 Å². The Morgan fingerprint density at radius 2 is 1.84 bits per heavy atom. The predicted octanol–water partition coefficient (Wildman–Crippen LogP) is 6.00. The highest BCUT2D eigenvalue weighted by atomic mass is 16.6. The number of aryl methyl sites for hydroxylation is 2. The second-order valence-corrected chi connectivity index (χ2v) is 9.02. The molecule has 0 aliphatic carbocycles. The van der Waals surface area contributed by atoms with Gasteiger partial charge in [0.25, 0.3) is 17.2 Å². The number of unbranched alkanes of at least 4 members (excludes halogenated alkanes) is 1. The summed E-state index contributed by atoms with van der Waals surface area (Å²) in [5, 5.41) is 17.1. The molecule has 4 aromatic rings. The fraction of sp³-hybridized carbons (Fsp3) is 0.207. The highest BCUT2D eigenvalue weighted by molar-refractivity contribution is 6.06. The van der Waals surface area contributed by atoms with Crippen LogP contribution in [0.2, 0.25) is 0 Å². The zero-order chi connectivity index (χ0) is 27.2.